The van der Waals surface area contributed by atoms with Crippen molar-refractivity contribution in [2.45, 2.75) is 32.6 Å². The van der Waals surface area contributed by atoms with Crippen molar-refractivity contribution in [1.82, 2.24) is 0 Å². The molecule has 1 aromatic rings. The molecule has 0 aliphatic carbocycles. The maximum absolute atomic E-state index is 11.5. The lowest BCUT2D eigenvalue weighted by Gasteiger charge is -2.07. The van der Waals surface area contributed by atoms with Crippen LogP contribution in [-0.4, -0.2) is 25.1 Å². The van der Waals surface area contributed by atoms with Crippen molar-refractivity contribution in [3.05, 3.63) is 29.8 Å². The standard InChI is InChI=1S/C15H21NO4/c1-2-3-4-5-10-19-13-8-6-12(7-9-13)15(18)20-11-14(16)17/h6-9H,2-5,10-11H2,1H3,(H2,16,17). The molecule has 0 radical (unpaired) electrons. The summed E-state index contributed by atoms with van der Waals surface area (Å²) in [6, 6.07) is 6.62. The predicted molar refractivity (Wildman–Crippen MR) is 75.6 cm³/mol. The summed E-state index contributed by atoms with van der Waals surface area (Å²) < 4.78 is 10.3. The SMILES string of the molecule is CCCCCCOc1ccc(C(=O)OCC(N)=O)cc1. The maximum Gasteiger partial charge on any atom is 0.338 e. The summed E-state index contributed by atoms with van der Waals surface area (Å²) in [7, 11) is 0. The van der Waals surface area contributed by atoms with Crippen molar-refractivity contribution in [3.8, 4) is 5.75 Å². The van der Waals surface area contributed by atoms with Gasteiger partial charge in [0, 0.05) is 0 Å². The fourth-order valence-corrected chi connectivity index (χ4v) is 1.63. The number of esters is 1. The molecule has 0 bridgehead atoms. The highest BCUT2D eigenvalue weighted by molar-refractivity contribution is 5.91. The lowest BCUT2D eigenvalue weighted by atomic mass is 10.2. The van der Waals surface area contributed by atoms with Crippen LogP contribution >= 0.6 is 0 Å². The maximum atomic E-state index is 11.5. The average Bonchev–Trinajstić information content (AvgIpc) is 2.45. The first-order valence-electron chi connectivity index (χ1n) is 6.81. The number of benzene rings is 1. The molecule has 0 saturated heterocycles. The van der Waals surface area contributed by atoms with E-state index in [1.54, 1.807) is 24.3 Å². The Morgan fingerprint density at radius 1 is 1.10 bits per heavy atom. The Labute approximate surface area is 119 Å². The van der Waals surface area contributed by atoms with Gasteiger partial charge in [0.2, 0.25) is 0 Å². The third-order valence-corrected chi connectivity index (χ3v) is 2.70. The van der Waals surface area contributed by atoms with E-state index >= 15 is 0 Å². The molecule has 0 heterocycles. The second-order valence-corrected chi connectivity index (χ2v) is 4.48. The van der Waals surface area contributed by atoms with E-state index < -0.39 is 18.5 Å². The summed E-state index contributed by atoms with van der Waals surface area (Å²) in [6.45, 7) is 2.43. The number of primary amides is 1. The zero-order chi connectivity index (χ0) is 14.8. The number of hydrogen-bond donors (Lipinski definition) is 1. The lowest BCUT2D eigenvalue weighted by molar-refractivity contribution is -0.121. The fraction of sp³-hybridized carbons (Fsp3) is 0.467. The average molecular weight is 279 g/mol. The van der Waals surface area contributed by atoms with Crippen LogP contribution in [0.15, 0.2) is 24.3 Å². The summed E-state index contributed by atoms with van der Waals surface area (Å²) >= 11 is 0. The molecule has 0 aliphatic rings. The summed E-state index contributed by atoms with van der Waals surface area (Å²) in [6.07, 6.45) is 4.60. The second-order valence-electron chi connectivity index (χ2n) is 4.48. The first-order valence-corrected chi connectivity index (χ1v) is 6.81. The number of carbonyl (C=O) groups is 2. The Hall–Kier alpha value is -2.04. The molecule has 1 aromatic carbocycles. The van der Waals surface area contributed by atoms with E-state index in [9.17, 15) is 9.59 Å². The molecule has 5 nitrogen and oxygen atoms in total. The largest absolute Gasteiger partial charge is 0.494 e. The van der Waals surface area contributed by atoms with Crippen molar-refractivity contribution in [1.29, 1.82) is 0 Å². The number of ether oxygens (including phenoxy) is 2. The third-order valence-electron chi connectivity index (χ3n) is 2.70. The molecule has 5 heteroatoms. The van der Waals surface area contributed by atoms with E-state index in [1.165, 1.54) is 12.8 Å². The van der Waals surface area contributed by atoms with E-state index in [0.717, 1.165) is 12.8 Å². The second kappa shape index (κ2) is 8.96. The molecule has 20 heavy (non-hydrogen) atoms. The summed E-state index contributed by atoms with van der Waals surface area (Å²) in [5.74, 6) is -0.531. The number of amides is 1. The van der Waals surface area contributed by atoms with Crippen molar-refractivity contribution in [2.75, 3.05) is 13.2 Å². The highest BCUT2D eigenvalue weighted by Gasteiger charge is 2.08. The third kappa shape index (κ3) is 6.22. The number of hydrogen-bond acceptors (Lipinski definition) is 4. The van der Waals surface area contributed by atoms with Gasteiger partial charge in [0.25, 0.3) is 5.91 Å². The first-order chi connectivity index (χ1) is 9.63. The van der Waals surface area contributed by atoms with Crippen LogP contribution in [0.5, 0.6) is 5.75 Å². The molecule has 0 fully saturated rings. The molecule has 0 aromatic heterocycles. The van der Waals surface area contributed by atoms with Crippen LogP contribution in [0, 0.1) is 0 Å². The summed E-state index contributed by atoms with van der Waals surface area (Å²) in [5.41, 5.74) is 5.26. The Morgan fingerprint density at radius 2 is 1.80 bits per heavy atom. The molecule has 0 aliphatic heterocycles. The quantitative estimate of drug-likeness (QED) is 0.555. The van der Waals surface area contributed by atoms with E-state index in [-0.39, 0.29) is 0 Å². The Bertz CT molecular complexity index is 428. The van der Waals surface area contributed by atoms with Gasteiger partial charge in [-0.3, -0.25) is 4.79 Å². The van der Waals surface area contributed by atoms with Gasteiger partial charge in [-0.05, 0) is 30.7 Å². The molecule has 2 N–H and O–H groups in total. The van der Waals surface area contributed by atoms with E-state index in [1.807, 2.05) is 0 Å². The van der Waals surface area contributed by atoms with E-state index in [4.69, 9.17) is 15.2 Å². The topological polar surface area (TPSA) is 78.6 Å². The summed E-state index contributed by atoms with van der Waals surface area (Å²) in [5, 5.41) is 0. The number of nitrogens with two attached hydrogens (primary N) is 1. The van der Waals surface area contributed by atoms with Gasteiger partial charge in [-0.25, -0.2) is 4.79 Å². The molecule has 0 unspecified atom stereocenters. The van der Waals surface area contributed by atoms with Gasteiger partial charge in [0.05, 0.1) is 12.2 Å². The minimum atomic E-state index is -0.676. The predicted octanol–water partition coefficient (Wildman–Crippen LogP) is 2.29. The normalized spacial score (nSPS) is 10.1. The lowest BCUT2D eigenvalue weighted by Crippen LogP contribution is -2.20. The molecule has 1 rings (SSSR count). The van der Waals surface area contributed by atoms with Crippen LogP contribution in [0.3, 0.4) is 0 Å². The number of unbranched alkanes of at least 4 members (excludes halogenated alkanes) is 3. The van der Waals surface area contributed by atoms with Crippen LogP contribution in [0.4, 0.5) is 0 Å². The molecular weight excluding hydrogens is 258 g/mol. The van der Waals surface area contributed by atoms with Crippen LogP contribution in [0.2, 0.25) is 0 Å². The zero-order valence-corrected chi connectivity index (χ0v) is 11.8. The van der Waals surface area contributed by atoms with Crippen LogP contribution in [-0.2, 0) is 9.53 Å². The molecule has 1 amide bonds. The molecule has 0 atom stereocenters. The number of rotatable bonds is 9. The van der Waals surface area contributed by atoms with Gasteiger partial charge in [-0.15, -0.1) is 0 Å². The van der Waals surface area contributed by atoms with Gasteiger partial charge in [-0.2, -0.15) is 0 Å². The molecule has 0 spiro atoms. The smallest absolute Gasteiger partial charge is 0.338 e. The van der Waals surface area contributed by atoms with Gasteiger partial charge in [0.15, 0.2) is 6.61 Å². The number of carbonyl (C=O) groups excluding carboxylic acids is 2. The molecule has 0 saturated carbocycles. The Balaban J connectivity index is 2.36. The minimum absolute atomic E-state index is 0.365. The zero-order valence-electron chi connectivity index (χ0n) is 11.8. The Kier molecular flexibility index (Phi) is 7.17. The fourth-order valence-electron chi connectivity index (χ4n) is 1.63. The van der Waals surface area contributed by atoms with Crippen molar-refractivity contribution in [3.63, 3.8) is 0 Å². The van der Waals surface area contributed by atoms with Gasteiger partial charge in [-0.1, -0.05) is 26.2 Å². The van der Waals surface area contributed by atoms with Crippen LogP contribution in [0.1, 0.15) is 43.0 Å². The minimum Gasteiger partial charge on any atom is -0.494 e. The highest BCUT2D eigenvalue weighted by atomic mass is 16.5. The van der Waals surface area contributed by atoms with Gasteiger partial charge in [0.1, 0.15) is 5.75 Å². The van der Waals surface area contributed by atoms with Crippen molar-refractivity contribution < 1.29 is 19.1 Å². The van der Waals surface area contributed by atoms with E-state index in [0.29, 0.717) is 17.9 Å². The van der Waals surface area contributed by atoms with Crippen molar-refractivity contribution >= 4 is 11.9 Å². The van der Waals surface area contributed by atoms with Crippen LogP contribution < -0.4 is 10.5 Å². The highest BCUT2D eigenvalue weighted by Crippen LogP contribution is 2.13. The molecular formula is C15H21NO4. The van der Waals surface area contributed by atoms with Crippen molar-refractivity contribution in [2.24, 2.45) is 5.73 Å². The van der Waals surface area contributed by atoms with Gasteiger partial charge >= 0.3 is 5.97 Å². The first kappa shape index (κ1) is 16.0. The molecule has 110 valence electrons. The summed E-state index contributed by atoms with van der Waals surface area (Å²) in [4.78, 5) is 22.0. The van der Waals surface area contributed by atoms with Gasteiger partial charge < -0.3 is 15.2 Å². The van der Waals surface area contributed by atoms with Crippen LogP contribution in [0.25, 0.3) is 0 Å². The Morgan fingerprint density at radius 3 is 2.40 bits per heavy atom. The monoisotopic (exact) mass is 279 g/mol. The van der Waals surface area contributed by atoms with E-state index in [2.05, 4.69) is 6.92 Å².